The number of carbonyl (C=O) groups excluding carboxylic acids is 1. The first-order chi connectivity index (χ1) is 14.6. The highest BCUT2D eigenvalue weighted by molar-refractivity contribution is 6.16. The third kappa shape index (κ3) is 3.14. The van der Waals surface area contributed by atoms with Crippen LogP contribution in [0.15, 0.2) is 55.0 Å². The van der Waals surface area contributed by atoms with Crippen LogP contribution in [0.4, 0.5) is 10.1 Å². The van der Waals surface area contributed by atoms with Crippen molar-refractivity contribution < 1.29 is 9.18 Å². The first kappa shape index (κ1) is 18.5. The monoisotopic (exact) mass is 400 g/mol. The number of fused-ring (bicyclic) bond motifs is 1. The van der Waals surface area contributed by atoms with E-state index < -0.39 is 5.82 Å². The zero-order chi connectivity index (χ0) is 20.7. The standard InChI is InChI=1S/C24H21FN4O/c1-15-7-8-16(12-26-15)17-11-19-20(14-28-24(19)27-13-17)23(30)18-5-4-6-21(22(18)25)29-9-2-3-10-29/h4-8,11-14H,2-3,9-10H2,1H3,(H,27,28). The molecule has 1 aliphatic heterocycles. The van der Waals surface area contributed by atoms with Gasteiger partial charge in [-0.1, -0.05) is 12.1 Å². The Kier molecular flexibility index (Phi) is 4.54. The highest BCUT2D eigenvalue weighted by Crippen LogP contribution is 2.30. The van der Waals surface area contributed by atoms with Gasteiger partial charge < -0.3 is 9.88 Å². The summed E-state index contributed by atoms with van der Waals surface area (Å²) in [7, 11) is 0. The summed E-state index contributed by atoms with van der Waals surface area (Å²) >= 11 is 0. The number of carbonyl (C=O) groups is 1. The number of nitrogens with one attached hydrogen (secondary N) is 1. The molecule has 4 aromatic rings. The van der Waals surface area contributed by atoms with Crippen molar-refractivity contribution in [3.63, 3.8) is 0 Å². The normalized spacial score (nSPS) is 13.9. The third-order valence-electron chi connectivity index (χ3n) is 5.69. The number of halogens is 1. The second-order valence-corrected chi connectivity index (χ2v) is 7.67. The molecular weight excluding hydrogens is 379 g/mol. The number of pyridine rings is 2. The van der Waals surface area contributed by atoms with Crippen LogP contribution >= 0.6 is 0 Å². The summed E-state index contributed by atoms with van der Waals surface area (Å²) in [5, 5.41) is 0.670. The molecule has 1 aromatic carbocycles. The van der Waals surface area contributed by atoms with Gasteiger partial charge in [0, 0.05) is 59.5 Å². The zero-order valence-corrected chi connectivity index (χ0v) is 16.7. The molecule has 0 spiro atoms. The highest BCUT2D eigenvalue weighted by Gasteiger charge is 2.23. The minimum Gasteiger partial charge on any atom is -0.369 e. The Morgan fingerprint density at radius 2 is 1.83 bits per heavy atom. The van der Waals surface area contributed by atoms with E-state index >= 15 is 4.39 Å². The van der Waals surface area contributed by atoms with E-state index in [4.69, 9.17) is 0 Å². The lowest BCUT2D eigenvalue weighted by molar-refractivity contribution is 0.103. The van der Waals surface area contributed by atoms with Gasteiger partial charge in [-0.15, -0.1) is 0 Å². The Hall–Kier alpha value is -3.54. The molecule has 0 amide bonds. The van der Waals surface area contributed by atoms with E-state index in [-0.39, 0.29) is 11.3 Å². The van der Waals surface area contributed by atoms with Gasteiger partial charge in [0.25, 0.3) is 0 Å². The zero-order valence-electron chi connectivity index (χ0n) is 16.7. The molecule has 0 saturated carbocycles. The van der Waals surface area contributed by atoms with E-state index in [2.05, 4.69) is 15.0 Å². The van der Waals surface area contributed by atoms with Crippen LogP contribution in [0.1, 0.15) is 34.5 Å². The van der Waals surface area contributed by atoms with Crippen LogP contribution in [0.5, 0.6) is 0 Å². The molecule has 150 valence electrons. The maximum Gasteiger partial charge on any atom is 0.198 e. The molecule has 6 heteroatoms. The van der Waals surface area contributed by atoms with Gasteiger partial charge in [0.05, 0.1) is 11.3 Å². The summed E-state index contributed by atoms with van der Waals surface area (Å²) in [4.78, 5) is 27.1. The number of anilines is 1. The number of hydrogen-bond acceptors (Lipinski definition) is 4. The van der Waals surface area contributed by atoms with Gasteiger partial charge in [-0.05, 0) is 44.0 Å². The molecule has 1 fully saturated rings. The number of rotatable bonds is 4. The molecule has 5 nitrogen and oxygen atoms in total. The quantitative estimate of drug-likeness (QED) is 0.495. The summed E-state index contributed by atoms with van der Waals surface area (Å²) in [6.45, 7) is 3.57. The second kappa shape index (κ2) is 7.37. The van der Waals surface area contributed by atoms with E-state index in [9.17, 15) is 4.79 Å². The average molecular weight is 400 g/mol. The summed E-state index contributed by atoms with van der Waals surface area (Å²) in [5.41, 5.74) is 4.30. The first-order valence-electron chi connectivity index (χ1n) is 10.1. The smallest absolute Gasteiger partial charge is 0.198 e. The number of aromatic nitrogens is 3. The molecule has 0 atom stereocenters. The van der Waals surface area contributed by atoms with E-state index in [1.54, 1.807) is 36.8 Å². The second-order valence-electron chi connectivity index (χ2n) is 7.67. The molecule has 4 heterocycles. The van der Waals surface area contributed by atoms with Crippen molar-refractivity contribution in [3.8, 4) is 11.1 Å². The molecule has 0 aliphatic carbocycles. The van der Waals surface area contributed by atoms with Crippen LogP contribution in [0.3, 0.4) is 0 Å². The fourth-order valence-corrected chi connectivity index (χ4v) is 4.03. The molecular formula is C24H21FN4O. The minimum absolute atomic E-state index is 0.0858. The first-order valence-corrected chi connectivity index (χ1v) is 10.1. The molecule has 0 bridgehead atoms. The van der Waals surface area contributed by atoms with Gasteiger partial charge in [-0.25, -0.2) is 9.37 Å². The average Bonchev–Trinajstić information content (AvgIpc) is 3.44. The van der Waals surface area contributed by atoms with Crippen LogP contribution in [-0.2, 0) is 0 Å². The number of aryl methyl sites for hydroxylation is 1. The van der Waals surface area contributed by atoms with Crippen molar-refractivity contribution in [3.05, 3.63) is 77.6 Å². The van der Waals surface area contributed by atoms with Crippen molar-refractivity contribution in [2.75, 3.05) is 18.0 Å². The SMILES string of the molecule is Cc1ccc(-c2cnc3[nH]cc(C(=O)c4cccc(N5CCCC5)c4F)c3c2)cn1. The molecule has 30 heavy (non-hydrogen) atoms. The van der Waals surface area contributed by atoms with Crippen molar-refractivity contribution >= 4 is 22.5 Å². The third-order valence-corrected chi connectivity index (χ3v) is 5.69. The number of H-pyrrole nitrogens is 1. The van der Waals surface area contributed by atoms with E-state index in [1.807, 2.05) is 30.0 Å². The molecule has 5 rings (SSSR count). The van der Waals surface area contributed by atoms with Crippen LogP contribution in [0, 0.1) is 12.7 Å². The van der Waals surface area contributed by atoms with E-state index in [1.165, 1.54) is 0 Å². The highest BCUT2D eigenvalue weighted by atomic mass is 19.1. The lowest BCUT2D eigenvalue weighted by atomic mass is 10.0. The number of benzene rings is 1. The Morgan fingerprint density at radius 1 is 1.03 bits per heavy atom. The van der Waals surface area contributed by atoms with Crippen LogP contribution in [-0.4, -0.2) is 33.8 Å². The Bertz CT molecular complexity index is 1240. The fraction of sp³-hybridized carbons (Fsp3) is 0.208. The molecule has 1 N–H and O–H groups in total. The number of ketones is 1. The number of nitrogens with zero attached hydrogens (tertiary/aromatic N) is 3. The largest absolute Gasteiger partial charge is 0.369 e. The van der Waals surface area contributed by atoms with Crippen molar-refractivity contribution in [1.82, 2.24) is 15.0 Å². The molecule has 0 radical (unpaired) electrons. The Labute approximate surface area is 173 Å². The molecule has 3 aromatic heterocycles. The van der Waals surface area contributed by atoms with Crippen LogP contribution in [0.25, 0.3) is 22.2 Å². The Balaban J connectivity index is 1.56. The van der Waals surface area contributed by atoms with Crippen molar-refractivity contribution in [2.45, 2.75) is 19.8 Å². The lowest BCUT2D eigenvalue weighted by Gasteiger charge is -2.19. The van der Waals surface area contributed by atoms with Gasteiger partial charge in [-0.3, -0.25) is 9.78 Å². The summed E-state index contributed by atoms with van der Waals surface area (Å²) in [6, 6.07) is 10.9. The van der Waals surface area contributed by atoms with Gasteiger partial charge in [-0.2, -0.15) is 0 Å². The van der Waals surface area contributed by atoms with Crippen molar-refractivity contribution in [1.29, 1.82) is 0 Å². The maximum absolute atomic E-state index is 15.3. The Morgan fingerprint density at radius 3 is 2.60 bits per heavy atom. The summed E-state index contributed by atoms with van der Waals surface area (Å²) in [5.74, 6) is -0.800. The van der Waals surface area contributed by atoms with E-state index in [0.717, 1.165) is 42.8 Å². The predicted octanol–water partition coefficient (Wildman–Crippen LogP) is 4.90. The van der Waals surface area contributed by atoms with Gasteiger partial charge >= 0.3 is 0 Å². The maximum atomic E-state index is 15.3. The molecule has 1 aliphatic rings. The van der Waals surface area contributed by atoms with Gasteiger partial charge in [0.2, 0.25) is 0 Å². The summed E-state index contributed by atoms with van der Waals surface area (Å²) in [6.07, 6.45) is 7.23. The van der Waals surface area contributed by atoms with Crippen LogP contribution in [0.2, 0.25) is 0 Å². The molecule has 0 unspecified atom stereocenters. The van der Waals surface area contributed by atoms with Gasteiger partial charge in [0.1, 0.15) is 5.65 Å². The fourth-order valence-electron chi connectivity index (χ4n) is 4.03. The number of hydrogen-bond donors (Lipinski definition) is 1. The van der Waals surface area contributed by atoms with E-state index in [0.29, 0.717) is 22.3 Å². The molecule has 1 saturated heterocycles. The number of aromatic amines is 1. The predicted molar refractivity (Wildman–Crippen MR) is 115 cm³/mol. The topological polar surface area (TPSA) is 61.9 Å². The summed E-state index contributed by atoms with van der Waals surface area (Å²) < 4.78 is 15.3. The van der Waals surface area contributed by atoms with Gasteiger partial charge in [0.15, 0.2) is 11.6 Å². The van der Waals surface area contributed by atoms with Crippen molar-refractivity contribution in [2.24, 2.45) is 0 Å². The minimum atomic E-state index is -0.453. The van der Waals surface area contributed by atoms with Crippen LogP contribution < -0.4 is 4.90 Å². The lowest BCUT2D eigenvalue weighted by Crippen LogP contribution is -2.20.